The van der Waals surface area contributed by atoms with Crippen molar-refractivity contribution in [2.45, 2.75) is 0 Å². The van der Waals surface area contributed by atoms with Crippen LogP contribution in [0.3, 0.4) is 0 Å². The standard InChI is InChI=1S/C21H18FN5O/c22-18-5-7-19(8-6-18)27-11-9-26(10-12-27)15-17(14-24)21(28)25-20-4-2-1-3-16(20)13-23/h1-8,15H,9-12H2,(H,25,28)/b17-15-. The maximum absolute atomic E-state index is 13.1. The Morgan fingerprint density at radius 2 is 1.71 bits per heavy atom. The van der Waals surface area contributed by atoms with Crippen molar-refractivity contribution in [3.8, 4) is 12.1 Å². The highest BCUT2D eigenvalue weighted by Gasteiger charge is 2.18. The van der Waals surface area contributed by atoms with Crippen LogP contribution in [0.4, 0.5) is 15.8 Å². The van der Waals surface area contributed by atoms with Crippen molar-refractivity contribution >= 4 is 17.3 Å². The van der Waals surface area contributed by atoms with E-state index < -0.39 is 5.91 Å². The molecule has 3 rings (SSSR count). The number of rotatable bonds is 4. The van der Waals surface area contributed by atoms with Gasteiger partial charge in [0.2, 0.25) is 0 Å². The molecule has 1 aliphatic rings. The van der Waals surface area contributed by atoms with E-state index >= 15 is 0 Å². The molecule has 2 aromatic rings. The Bertz CT molecular complexity index is 964. The van der Waals surface area contributed by atoms with Gasteiger partial charge in [-0.1, -0.05) is 12.1 Å². The monoisotopic (exact) mass is 375 g/mol. The third-order valence-electron chi connectivity index (χ3n) is 4.48. The molecule has 1 saturated heterocycles. The number of carbonyl (C=O) groups excluding carboxylic acids is 1. The molecule has 1 aliphatic heterocycles. The third kappa shape index (κ3) is 4.46. The highest BCUT2D eigenvalue weighted by atomic mass is 19.1. The summed E-state index contributed by atoms with van der Waals surface area (Å²) >= 11 is 0. The maximum Gasteiger partial charge on any atom is 0.267 e. The minimum Gasteiger partial charge on any atom is -0.373 e. The van der Waals surface area contributed by atoms with Crippen LogP contribution in [-0.2, 0) is 4.79 Å². The highest BCUT2D eigenvalue weighted by Crippen LogP contribution is 2.18. The molecule has 0 bridgehead atoms. The number of benzene rings is 2. The first kappa shape index (κ1) is 18.9. The zero-order valence-electron chi connectivity index (χ0n) is 15.1. The second-order valence-corrected chi connectivity index (χ2v) is 6.27. The second kappa shape index (κ2) is 8.70. The Kier molecular flexibility index (Phi) is 5.88. The molecule has 1 fully saturated rings. The molecule has 6 nitrogen and oxygen atoms in total. The van der Waals surface area contributed by atoms with E-state index in [4.69, 9.17) is 5.26 Å². The van der Waals surface area contributed by atoms with Crippen molar-refractivity contribution < 1.29 is 9.18 Å². The zero-order chi connectivity index (χ0) is 19.9. The highest BCUT2D eigenvalue weighted by molar-refractivity contribution is 6.07. The lowest BCUT2D eigenvalue weighted by Crippen LogP contribution is -2.44. The number of halogens is 1. The summed E-state index contributed by atoms with van der Waals surface area (Å²) in [6.45, 7) is 2.65. The fourth-order valence-electron chi connectivity index (χ4n) is 2.96. The minimum absolute atomic E-state index is 0.0250. The molecule has 7 heteroatoms. The van der Waals surface area contributed by atoms with Crippen LogP contribution in [0.15, 0.2) is 60.3 Å². The smallest absolute Gasteiger partial charge is 0.267 e. The normalized spacial score (nSPS) is 14.2. The number of hydrogen-bond donors (Lipinski definition) is 1. The minimum atomic E-state index is -0.550. The third-order valence-corrected chi connectivity index (χ3v) is 4.48. The lowest BCUT2D eigenvalue weighted by atomic mass is 10.2. The van der Waals surface area contributed by atoms with E-state index in [0.29, 0.717) is 37.4 Å². The number of nitrogens with zero attached hydrogens (tertiary/aromatic N) is 4. The van der Waals surface area contributed by atoms with E-state index in [-0.39, 0.29) is 11.4 Å². The van der Waals surface area contributed by atoms with Gasteiger partial charge in [-0.3, -0.25) is 4.79 Å². The van der Waals surface area contributed by atoms with Crippen LogP contribution < -0.4 is 10.2 Å². The molecular formula is C21H18FN5O. The lowest BCUT2D eigenvalue weighted by Gasteiger charge is -2.35. The van der Waals surface area contributed by atoms with E-state index in [1.165, 1.54) is 12.1 Å². The SMILES string of the molecule is N#C/C(=C/N1CCN(c2ccc(F)cc2)CC1)C(=O)Nc1ccccc1C#N. The number of nitrogens with one attached hydrogen (secondary N) is 1. The average Bonchev–Trinajstić information content (AvgIpc) is 2.73. The van der Waals surface area contributed by atoms with Gasteiger partial charge in [0, 0.05) is 38.1 Å². The molecule has 140 valence electrons. The first-order chi connectivity index (χ1) is 13.6. The van der Waals surface area contributed by atoms with E-state index in [1.54, 1.807) is 42.6 Å². The van der Waals surface area contributed by atoms with Gasteiger partial charge in [0.05, 0.1) is 11.3 Å². The molecule has 0 aromatic heterocycles. The zero-order valence-corrected chi connectivity index (χ0v) is 15.1. The van der Waals surface area contributed by atoms with Gasteiger partial charge in [-0.2, -0.15) is 10.5 Å². The molecule has 0 atom stereocenters. The van der Waals surface area contributed by atoms with Gasteiger partial charge in [0.15, 0.2) is 0 Å². The summed E-state index contributed by atoms with van der Waals surface area (Å²) < 4.78 is 13.1. The van der Waals surface area contributed by atoms with Gasteiger partial charge in [-0.15, -0.1) is 0 Å². The summed E-state index contributed by atoms with van der Waals surface area (Å²) in [6, 6.07) is 16.9. The van der Waals surface area contributed by atoms with E-state index in [2.05, 4.69) is 10.2 Å². The fourth-order valence-corrected chi connectivity index (χ4v) is 2.96. The van der Waals surface area contributed by atoms with Gasteiger partial charge in [-0.25, -0.2) is 4.39 Å². The number of para-hydroxylation sites is 1. The molecule has 0 radical (unpaired) electrons. The van der Waals surface area contributed by atoms with Crippen LogP contribution in [-0.4, -0.2) is 37.0 Å². The van der Waals surface area contributed by atoms with Crippen molar-refractivity contribution in [2.24, 2.45) is 0 Å². The molecular weight excluding hydrogens is 357 g/mol. The van der Waals surface area contributed by atoms with Crippen molar-refractivity contribution in [1.29, 1.82) is 10.5 Å². The van der Waals surface area contributed by atoms with Crippen molar-refractivity contribution in [3.63, 3.8) is 0 Å². The molecule has 28 heavy (non-hydrogen) atoms. The summed E-state index contributed by atoms with van der Waals surface area (Å²) in [6.07, 6.45) is 1.55. The first-order valence-electron chi connectivity index (χ1n) is 8.77. The summed E-state index contributed by atoms with van der Waals surface area (Å²) in [5.74, 6) is -0.820. The van der Waals surface area contributed by atoms with Gasteiger partial charge in [0.25, 0.3) is 5.91 Å². The van der Waals surface area contributed by atoms with Crippen LogP contribution >= 0.6 is 0 Å². The predicted molar refractivity (Wildman–Crippen MR) is 104 cm³/mol. The Morgan fingerprint density at radius 1 is 1.04 bits per heavy atom. The van der Waals surface area contributed by atoms with Crippen LogP contribution in [0.25, 0.3) is 0 Å². The van der Waals surface area contributed by atoms with Gasteiger partial charge < -0.3 is 15.1 Å². The Hall–Kier alpha value is -3.84. The van der Waals surface area contributed by atoms with Gasteiger partial charge in [0.1, 0.15) is 23.5 Å². The molecule has 2 aromatic carbocycles. The molecule has 0 spiro atoms. The molecule has 0 saturated carbocycles. The number of piperazine rings is 1. The summed E-state index contributed by atoms with van der Waals surface area (Å²) in [7, 11) is 0. The van der Waals surface area contributed by atoms with E-state index in [9.17, 15) is 14.4 Å². The topological polar surface area (TPSA) is 83.2 Å². The van der Waals surface area contributed by atoms with Crippen molar-refractivity contribution in [1.82, 2.24) is 4.90 Å². The Balaban J connectivity index is 1.63. The Labute approximate surface area is 162 Å². The fraction of sp³-hybridized carbons (Fsp3) is 0.190. The van der Waals surface area contributed by atoms with Crippen LogP contribution in [0, 0.1) is 28.5 Å². The summed E-state index contributed by atoms with van der Waals surface area (Å²) in [5.41, 5.74) is 1.62. The van der Waals surface area contributed by atoms with E-state index in [0.717, 1.165) is 5.69 Å². The van der Waals surface area contributed by atoms with Crippen molar-refractivity contribution in [3.05, 3.63) is 71.7 Å². The molecule has 1 N–H and O–H groups in total. The molecule has 1 amide bonds. The number of nitriles is 2. The molecule has 0 aliphatic carbocycles. The van der Waals surface area contributed by atoms with Crippen LogP contribution in [0.1, 0.15) is 5.56 Å². The van der Waals surface area contributed by atoms with Crippen LogP contribution in [0.5, 0.6) is 0 Å². The maximum atomic E-state index is 13.1. The predicted octanol–water partition coefficient (Wildman–Crippen LogP) is 2.87. The average molecular weight is 375 g/mol. The van der Waals surface area contributed by atoms with Crippen LogP contribution in [0.2, 0.25) is 0 Å². The quantitative estimate of drug-likeness (QED) is 0.656. The first-order valence-corrected chi connectivity index (χ1v) is 8.77. The Morgan fingerprint density at radius 3 is 2.36 bits per heavy atom. The summed E-state index contributed by atoms with van der Waals surface area (Å²) in [4.78, 5) is 16.5. The second-order valence-electron chi connectivity index (χ2n) is 6.27. The molecule has 1 heterocycles. The van der Waals surface area contributed by atoms with Gasteiger partial charge in [-0.05, 0) is 36.4 Å². The van der Waals surface area contributed by atoms with E-state index in [1.807, 2.05) is 17.0 Å². The number of carbonyl (C=O) groups is 1. The molecule has 0 unspecified atom stereocenters. The number of hydrogen-bond acceptors (Lipinski definition) is 5. The number of amides is 1. The van der Waals surface area contributed by atoms with Crippen molar-refractivity contribution in [2.75, 3.05) is 36.4 Å². The summed E-state index contributed by atoms with van der Waals surface area (Å²) in [5, 5.41) is 21.1. The lowest BCUT2D eigenvalue weighted by molar-refractivity contribution is -0.112. The number of anilines is 2. The van der Waals surface area contributed by atoms with Gasteiger partial charge >= 0.3 is 0 Å². The largest absolute Gasteiger partial charge is 0.373 e.